The summed E-state index contributed by atoms with van der Waals surface area (Å²) >= 11 is 0. The highest BCUT2D eigenvalue weighted by molar-refractivity contribution is 5.58. The summed E-state index contributed by atoms with van der Waals surface area (Å²) in [5.74, 6) is 0.956. The Hall–Kier alpha value is -2.50. The van der Waals surface area contributed by atoms with Crippen molar-refractivity contribution >= 4 is 0 Å². The van der Waals surface area contributed by atoms with E-state index in [1.165, 1.54) is 5.56 Å². The molecule has 0 bridgehead atoms. The number of aromatic nitrogens is 3. The minimum absolute atomic E-state index is 0.136. The second-order valence-corrected chi connectivity index (χ2v) is 5.97. The Morgan fingerprint density at radius 2 is 2.04 bits per heavy atom. The van der Waals surface area contributed by atoms with Crippen LogP contribution in [0.15, 0.2) is 61.1 Å². The highest BCUT2D eigenvalue weighted by Gasteiger charge is 2.27. The van der Waals surface area contributed by atoms with Gasteiger partial charge in [0.05, 0.1) is 31.1 Å². The van der Waals surface area contributed by atoms with Gasteiger partial charge in [-0.3, -0.25) is 9.88 Å². The average molecular weight is 320 g/mol. The number of aromatic amines is 1. The van der Waals surface area contributed by atoms with Crippen LogP contribution in [0.25, 0.3) is 11.3 Å². The maximum Gasteiger partial charge on any atom is 0.126 e. The molecular weight excluding hydrogens is 300 g/mol. The maximum atomic E-state index is 5.70. The zero-order valence-corrected chi connectivity index (χ0v) is 13.4. The third-order valence-electron chi connectivity index (χ3n) is 4.34. The normalized spacial score (nSPS) is 18.6. The molecular formula is C19H20N4O. The molecule has 5 nitrogen and oxygen atoms in total. The van der Waals surface area contributed by atoms with Crippen LogP contribution >= 0.6 is 0 Å². The number of benzene rings is 1. The van der Waals surface area contributed by atoms with E-state index in [4.69, 9.17) is 4.74 Å². The second kappa shape index (κ2) is 6.95. The third-order valence-corrected chi connectivity index (χ3v) is 4.34. The lowest BCUT2D eigenvalue weighted by Crippen LogP contribution is -2.39. The molecule has 5 heteroatoms. The first-order valence-corrected chi connectivity index (χ1v) is 8.21. The highest BCUT2D eigenvalue weighted by Crippen LogP contribution is 2.26. The number of rotatable bonds is 4. The summed E-state index contributed by atoms with van der Waals surface area (Å²) in [4.78, 5) is 14.7. The Bertz CT molecular complexity index is 772. The molecule has 1 N–H and O–H groups in total. The zero-order valence-electron chi connectivity index (χ0n) is 13.4. The summed E-state index contributed by atoms with van der Waals surface area (Å²) in [5, 5.41) is 0. The standard InChI is InChI=1S/C19H20N4O/c1-2-6-16(7-3-1)17-12-21-19(22-17)18-14-24-10-9-23(18)13-15-5-4-8-20-11-15/h1-8,11-12,18H,9-10,13-14H2,(H,21,22)/t18-/m0/s1. The van der Waals surface area contributed by atoms with Crippen molar-refractivity contribution in [2.45, 2.75) is 12.6 Å². The van der Waals surface area contributed by atoms with E-state index in [1.807, 2.05) is 36.7 Å². The molecule has 3 aromatic rings. The predicted octanol–water partition coefficient (Wildman–Crippen LogP) is 3.05. The molecule has 2 aromatic heterocycles. The molecule has 24 heavy (non-hydrogen) atoms. The van der Waals surface area contributed by atoms with E-state index in [0.717, 1.165) is 36.8 Å². The Morgan fingerprint density at radius 1 is 1.12 bits per heavy atom. The van der Waals surface area contributed by atoms with Crippen molar-refractivity contribution in [2.75, 3.05) is 19.8 Å². The van der Waals surface area contributed by atoms with E-state index in [-0.39, 0.29) is 6.04 Å². The molecule has 0 radical (unpaired) electrons. The first kappa shape index (κ1) is 15.1. The van der Waals surface area contributed by atoms with Gasteiger partial charge in [0, 0.05) is 25.5 Å². The number of ether oxygens (including phenoxy) is 1. The Labute approximate surface area is 141 Å². The van der Waals surface area contributed by atoms with Crippen LogP contribution in [0.4, 0.5) is 0 Å². The zero-order chi connectivity index (χ0) is 16.2. The summed E-state index contributed by atoms with van der Waals surface area (Å²) in [6, 6.07) is 14.5. The fraction of sp³-hybridized carbons (Fsp3) is 0.263. The van der Waals surface area contributed by atoms with E-state index < -0.39 is 0 Å². The number of nitrogens with zero attached hydrogens (tertiary/aromatic N) is 3. The van der Waals surface area contributed by atoms with Crippen molar-refractivity contribution < 1.29 is 4.74 Å². The predicted molar refractivity (Wildman–Crippen MR) is 92.2 cm³/mol. The molecule has 0 amide bonds. The van der Waals surface area contributed by atoms with Crippen LogP contribution in [0.5, 0.6) is 0 Å². The minimum Gasteiger partial charge on any atom is -0.378 e. The number of morpholine rings is 1. The smallest absolute Gasteiger partial charge is 0.126 e. The SMILES string of the molecule is c1ccc(-c2cnc([C@@H]3COCCN3Cc3cccnc3)[nH]2)cc1. The summed E-state index contributed by atoms with van der Waals surface area (Å²) < 4.78 is 5.70. The first-order chi connectivity index (χ1) is 11.9. The van der Waals surface area contributed by atoms with E-state index in [2.05, 4.69) is 38.1 Å². The van der Waals surface area contributed by atoms with Crippen LogP contribution < -0.4 is 0 Å². The van der Waals surface area contributed by atoms with Crippen LogP contribution in [0.3, 0.4) is 0 Å². The van der Waals surface area contributed by atoms with Gasteiger partial charge >= 0.3 is 0 Å². The Morgan fingerprint density at radius 3 is 2.88 bits per heavy atom. The fourth-order valence-corrected chi connectivity index (χ4v) is 3.08. The van der Waals surface area contributed by atoms with E-state index in [0.29, 0.717) is 6.61 Å². The second-order valence-electron chi connectivity index (χ2n) is 5.97. The molecule has 3 heterocycles. The molecule has 0 aliphatic carbocycles. The van der Waals surface area contributed by atoms with Crippen LogP contribution in [0.1, 0.15) is 17.4 Å². The molecule has 1 aromatic carbocycles. The number of nitrogens with one attached hydrogen (secondary N) is 1. The average Bonchev–Trinajstić information content (AvgIpc) is 3.14. The van der Waals surface area contributed by atoms with Gasteiger partial charge in [0.1, 0.15) is 5.82 Å². The van der Waals surface area contributed by atoms with Crippen molar-refractivity contribution in [3.8, 4) is 11.3 Å². The Kier molecular flexibility index (Phi) is 4.36. The summed E-state index contributed by atoms with van der Waals surface area (Å²) in [6.07, 6.45) is 5.63. The summed E-state index contributed by atoms with van der Waals surface area (Å²) in [5.41, 5.74) is 3.39. The topological polar surface area (TPSA) is 54.0 Å². The molecule has 1 aliphatic rings. The van der Waals surface area contributed by atoms with Crippen molar-refractivity contribution in [2.24, 2.45) is 0 Å². The molecule has 1 fully saturated rings. The van der Waals surface area contributed by atoms with Gasteiger partial charge in [-0.1, -0.05) is 36.4 Å². The van der Waals surface area contributed by atoms with Crippen LogP contribution in [0.2, 0.25) is 0 Å². The van der Waals surface area contributed by atoms with Gasteiger partial charge in [0.2, 0.25) is 0 Å². The van der Waals surface area contributed by atoms with Gasteiger partial charge in [0.25, 0.3) is 0 Å². The molecule has 122 valence electrons. The van der Waals surface area contributed by atoms with E-state index in [9.17, 15) is 0 Å². The van der Waals surface area contributed by atoms with Crippen molar-refractivity contribution in [3.05, 3.63) is 72.4 Å². The van der Waals surface area contributed by atoms with Crippen molar-refractivity contribution in [1.82, 2.24) is 19.9 Å². The van der Waals surface area contributed by atoms with E-state index in [1.54, 1.807) is 6.20 Å². The monoisotopic (exact) mass is 320 g/mol. The first-order valence-electron chi connectivity index (χ1n) is 8.21. The van der Waals surface area contributed by atoms with Crippen LogP contribution in [-0.4, -0.2) is 39.6 Å². The van der Waals surface area contributed by atoms with E-state index >= 15 is 0 Å². The molecule has 1 saturated heterocycles. The van der Waals surface area contributed by atoms with Gasteiger partial charge in [-0.25, -0.2) is 4.98 Å². The van der Waals surface area contributed by atoms with Crippen LogP contribution in [0, 0.1) is 0 Å². The molecule has 1 atom stereocenters. The number of hydrogen-bond donors (Lipinski definition) is 1. The Balaban J connectivity index is 1.56. The van der Waals surface area contributed by atoms with Gasteiger partial charge < -0.3 is 9.72 Å². The lowest BCUT2D eigenvalue weighted by atomic mass is 10.1. The summed E-state index contributed by atoms with van der Waals surface area (Å²) in [6.45, 7) is 3.15. The fourth-order valence-electron chi connectivity index (χ4n) is 3.08. The van der Waals surface area contributed by atoms with Gasteiger partial charge in [-0.05, 0) is 17.2 Å². The summed E-state index contributed by atoms with van der Waals surface area (Å²) in [7, 11) is 0. The number of H-pyrrole nitrogens is 1. The van der Waals surface area contributed by atoms with Crippen LogP contribution in [-0.2, 0) is 11.3 Å². The molecule has 0 spiro atoms. The largest absolute Gasteiger partial charge is 0.378 e. The van der Waals surface area contributed by atoms with Gasteiger partial charge in [-0.2, -0.15) is 0 Å². The maximum absolute atomic E-state index is 5.70. The molecule has 4 rings (SSSR count). The lowest BCUT2D eigenvalue weighted by Gasteiger charge is -2.34. The quantitative estimate of drug-likeness (QED) is 0.803. The number of pyridine rings is 1. The minimum atomic E-state index is 0.136. The number of hydrogen-bond acceptors (Lipinski definition) is 4. The van der Waals surface area contributed by atoms with Crippen molar-refractivity contribution in [1.29, 1.82) is 0 Å². The number of imidazole rings is 1. The highest BCUT2D eigenvalue weighted by atomic mass is 16.5. The lowest BCUT2D eigenvalue weighted by molar-refractivity contribution is -0.0156. The molecule has 1 aliphatic heterocycles. The third kappa shape index (κ3) is 3.22. The molecule has 0 saturated carbocycles. The van der Waals surface area contributed by atoms with Gasteiger partial charge in [-0.15, -0.1) is 0 Å². The van der Waals surface area contributed by atoms with Gasteiger partial charge in [0.15, 0.2) is 0 Å². The molecule has 0 unspecified atom stereocenters. The van der Waals surface area contributed by atoms with Crippen molar-refractivity contribution in [3.63, 3.8) is 0 Å².